The monoisotopic (exact) mass is 219 g/mol. The standard InChI is InChI=1S/C12H17N3O/c1-2-6-14-8-5-11(13)10-16-12-4-3-7-15-9-12/h1,3-4,7,9,11,14H,5-6,8,10,13H2/t11-/m1/s1. The van der Waals surface area contributed by atoms with Crippen LogP contribution in [-0.4, -0.2) is 30.7 Å². The van der Waals surface area contributed by atoms with Crippen molar-refractivity contribution in [3.63, 3.8) is 0 Å². The maximum absolute atomic E-state index is 5.87. The second-order valence-electron chi connectivity index (χ2n) is 3.43. The Labute approximate surface area is 96.2 Å². The number of pyridine rings is 1. The molecule has 1 aromatic rings. The Kier molecular flexibility index (Phi) is 6.00. The molecule has 1 heterocycles. The average Bonchev–Trinajstić information content (AvgIpc) is 2.33. The van der Waals surface area contributed by atoms with Gasteiger partial charge in [-0.25, -0.2) is 0 Å². The minimum atomic E-state index is 0.00507. The van der Waals surface area contributed by atoms with Crippen LogP contribution < -0.4 is 15.8 Å². The zero-order chi connectivity index (χ0) is 11.6. The van der Waals surface area contributed by atoms with E-state index in [-0.39, 0.29) is 6.04 Å². The fraction of sp³-hybridized carbons (Fsp3) is 0.417. The molecule has 16 heavy (non-hydrogen) atoms. The van der Waals surface area contributed by atoms with Crippen LogP contribution in [0.4, 0.5) is 0 Å². The highest BCUT2D eigenvalue weighted by molar-refractivity contribution is 5.15. The third-order valence-corrected chi connectivity index (χ3v) is 2.02. The Balaban J connectivity index is 2.11. The number of nitrogens with one attached hydrogen (secondary N) is 1. The van der Waals surface area contributed by atoms with Crippen molar-refractivity contribution in [2.75, 3.05) is 19.7 Å². The van der Waals surface area contributed by atoms with Gasteiger partial charge < -0.3 is 15.8 Å². The molecule has 1 aromatic heterocycles. The van der Waals surface area contributed by atoms with E-state index in [0.29, 0.717) is 13.2 Å². The normalized spacial score (nSPS) is 11.8. The summed E-state index contributed by atoms with van der Waals surface area (Å²) in [6.07, 6.45) is 9.31. The summed E-state index contributed by atoms with van der Waals surface area (Å²) in [5.41, 5.74) is 5.87. The first kappa shape index (κ1) is 12.5. The molecule has 0 saturated carbocycles. The van der Waals surface area contributed by atoms with Crippen molar-refractivity contribution >= 4 is 0 Å². The minimum Gasteiger partial charge on any atom is -0.490 e. The molecule has 0 unspecified atom stereocenters. The van der Waals surface area contributed by atoms with Crippen molar-refractivity contribution in [2.45, 2.75) is 12.5 Å². The molecule has 0 aliphatic rings. The number of terminal acetylenes is 1. The molecule has 1 atom stereocenters. The van der Waals surface area contributed by atoms with Gasteiger partial charge in [-0.05, 0) is 25.1 Å². The molecular formula is C12H17N3O. The maximum atomic E-state index is 5.87. The molecular weight excluding hydrogens is 202 g/mol. The number of ether oxygens (including phenoxy) is 1. The fourth-order valence-electron chi connectivity index (χ4n) is 1.17. The van der Waals surface area contributed by atoms with Crippen LogP contribution in [0.5, 0.6) is 5.75 Å². The van der Waals surface area contributed by atoms with Gasteiger partial charge in [-0.1, -0.05) is 5.92 Å². The van der Waals surface area contributed by atoms with Gasteiger partial charge in [-0.2, -0.15) is 0 Å². The molecule has 0 spiro atoms. The lowest BCUT2D eigenvalue weighted by molar-refractivity contribution is 0.280. The predicted molar refractivity (Wildman–Crippen MR) is 64.0 cm³/mol. The number of hydrogen-bond acceptors (Lipinski definition) is 4. The summed E-state index contributed by atoms with van der Waals surface area (Å²) in [5, 5.41) is 3.08. The first-order valence-electron chi connectivity index (χ1n) is 5.25. The minimum absolute atomic E-state index is 0.00507. The lowest BCUT2D eigenvalue weighted by Gasteiger charge is -2.12. The van der Waals surface area contributed by atoms with Crippen LogP contribution in [-0.2, 0) is 0 Å². The zero-order valence-electron chi connectivity index (χ0n) is 9.23. The Morgan fingerprint density at radius 1 is 1.62 bits per heavy atom. The number of nitrogens with zero attached hydrogens (tertiary/aromatic N) is 1. The van der Waals surface area contributed by atoms with Gasteiger partial charge in [0.25, 0.3) is 0 Å². The molecule has 0 saturated heterocycles. The smallest absolute Gasteiger partial charge is 0.137 e. The summed E-state index contributed by atoms with van der Waals surface area (Å²) in [4.78, 5) is 3.95. The molecule has 0 amide bonds. The quantitative estimate of drug-likeness (QED) is 0.515. The summed E-state index contributed by atoms with van der Waals surface area (Å²) >= 11 is 0. The summed E-state index contributed by atoms with van der Waals surface area (Å²) in [6, 6.07) is 3.69. The van der Waals surface area contributed by atoms with Crippen LogP contribution in [0.1, 0.15) is 6.42 Å². The van der Waals surface area contributed by atoms with Crippen molar-refractivity contribution < 1.29 is 4.74 Å². The van der Waals surface area contributed by atoms with Gasteiger partial charge in [-0.3, -0.25) is 4.98 Å². The second-order valence-corrected chi connectivity index (χ2v) is 3.43. The highest BCUT2D eigenvalue weighted by atomic mass is 16.5. The van der Waals surface area contributed by atoms with Gasteiger partial charge in [0.1, 0.15) is 12.4 Å². The molecule has 3 N–H and O–H groups in total. The summed E-state index contributed by atoms with van der Waals surface area (Å²) in [6.45, 7) is 1.88. The first-order valence-corrected chi connectivity index (χ1v) is 5.25. The maximum Gasteiger partial charge on any atom is 0.137 e. The van der Waals surface area contributed by atoms with Crippen LogP contribution in [0.15, 0.2) is 24.5 Å². The third kappa shape index (κ3) is 5.35. The molecule has 4 nitrogen and oxygen atoms in total. The topological polar surface area (TPSA) is 60.2 Å². The number of nitrogens with two attached hydrogens (primary N) is 1. The largest absolute Gasteiger partial charge is 0.490 e. The Hall–Kier alpha value is -1.57. The summed E-state index contributed by atoms with van der Waals surface area (Å²) in [5.74, 6) is 3.25. The van der Waals surface area contributed by atoms with Gasteiger partial charge in [0, 0.05) is 12.2 Å². The molecule has 1 rings (SSSR count). The molecule has 0 aliphatic heterocycles. The summed E-state index contributed by atoms with van der Waals surface area (Å²) in [7, 11) is 0. The van der Waals surface area contributed by atoms with Crippen LogP contribution in [0, 0.1) is 12.3 Å². The van der Waals surface area contributed by atoms with Crippen LogP contribution in [0.2, 0.25) is 0 Å². The van der Waals surface area contributed by atoms with E-state index in [2.05, 4.69) is 16.2 Å². The van der Waals surface area contributed by atoms with Gasteiger partial charge >= 0.3 is 0 Å². The molecule has 0 aliphatic carbocycles. The van der Waals surface area contributed by atoms with Gasteiger partial charge in [0.15, 0.2) is 0 Å². The van der Waals surface area contributed by atoms with Crippen molar-refractivity contribution in [3.8, 4) is 18.1 Å². The van der Waals surface area contributed by atoms with Crippen molar-refractivity contribution in [3.05, 3.63) is 24.5 Å². The number of aromatic nitrogens is 1. The Bertz CT molecular complexity index is 321. The van der Waals surface area contributed by atoms with E-state index < -0.39 is 0 Å². The molecule has 0 bridgehead atoms. The van der Waals surface area contributed by atoms with E-state index in [0.717, 1.165) is 18.7 Å². The molecule has 4 heteroatoms. The van der Waals surface area contributed by atoms with Crippen LogP contribution in [0.25, 0.3) is 0 Å². The molecule has 0 aromatic carbocycles. The molecule has 86 valence electrons. The van der Waals surface area contributed by atoms with E-state index in [9.17, 15) is 0 Å². The van der Waals surface area contributed by atoms with E-state index in [1.54, 1.807) is 12.4 Å². The fourth-order valence-corrected chi connectivity index (χ4v) is 1.17. The highest BCUT2D eigenvalue weighted by Crippen LogP contribution is 2.06. The Morgan fingerprint density at radius 2 is 2.50 bits per heavy atom. The van der Waals surface area contributed by atoms with Crippen molar-refractivity contribution in [2.24, 2.45) is 5.73 Å². The SMILES string of the molecule is C#CCNCC[C@@H](N)COc1cccnc1. The van der Waals surface area contributed by atoms with E-state index >= 15 is 0 Å². The van der Waals surface area contributed by atoms with Gasteiger partial charge in [-0.15, -0.1) is 6.42 Å². The van der Waals surface area contributed by atoms with Gasteiger partial charge in [0.05, 0.1) is 12.7 Å². The Morgan fingerprint density at radius 3 is 3.19 bits per heavy atom. The number of rotatable bonds is 7. The van der Waals surface area contributed by atoms with E-state index in [4.69, 9.17) is 16.9 Å². The van der Waals surface area contributed by atoms with Crippen molar-refractivity contribution in [1.82, 2.24) is 10.3 Å². The molecule has 0 radical (unpaired) electrons. The van der Waals surface area contributed by atoms with Crippen molar-refractivity contribution in [1.29, 1.82) is 0 Å². The van der Waals surface area contributed by atoms with Gasteiger partial charge in [0.2, 0.25) is 0 Å². The van der Waals surface area contributed by atoms with E-state index in [1.165, 1.54) is 0 Å². The summed E-state index contributed by atoms with van der Waals surface area (Å²) < 4.78 is 5.47. The van der Waals surface area contributed by atoms with E-state index in [1.807, 2.05) is 12.1 Å². The first-order chi connectivity index (χ1) is 7.83. The number of hydrogen-bond donors (Lipinski definition) is 2. The lowest BCUT2D eigenvalue weighted by Crippen LogP contribution is -2.32. The second kappa shape index (κ2) is 7.69. The molecule has 0 fully saturated rings. The highest BCUT2D eigenvalue weighted by Gasteiger charge is 2.02. The third-order valence-electron chi connectivity index (χ3n) is 2.02. The zero-order valence-corrected chi connectivity index (χ0v) is 9.23. The average molecular weight is 219 g/mol. The van der Waals surface area contributed by atoms with Crippen LogP contribution >= 0.6 is 0 Å². The lowest BCUT2D eigenvalue weighted by atomic mass is 10.2. The predicted octanol–water partition coefficient (Wildman–Crippen LogP) is 0.401. The van der Waals surface area contributed by atoms with Crippen LogP contribution in [0.3, 0.4) is 0 Å².